The van der Waals surface area contributed by atoms with Crippen LogP contribution in [0.25, 0.3) is 11.1 Å². The van der Waals surface area contributed by atoms with Gasteiger partial charge >= 0.3 is 5.97 Å². The quantitative estimate of drug-likeness (QED) is 0.563. The van der Waals surface area contributed by atoms with E-state index >= 15 is 0 Å². The van der Waals surface area contributed by atoms with Crippen molar-refractivity contribution in [2.24, 2.45) is 11.8 Å². The fourth-order valence-corrected chi connectivity index (χ4v) is 4.12. The van der Waals surface area contributed by atoms with Gasteiger partial charge in [-0.25, -0.2) is 9.37 Å². The number of halogens is 1. The molecule has 1 aromatic carbocycles. The number of aliphatic carboxylic acids is 1. The standard InChI is InChI=1S/C24H26FN3O6/c1-13-8-14(2-3-19(13)34-20-5-7-28(11-18(20)25)22(30)12-29)15-4-6-26-21(9-15)27-23(31)16-10-17(16)24(32)33/h2-4,6,8-9,16-18,20,29H,5,7,10-12H2,1H3,(H,32,33)(H,26,27,31)/t16-,17+,18-,20+/m1/s1. The second kappa shape index (κ2) is 9.76. The molecule has 2 heterocycles. The molecule has 9 nitrogen and oxygen atoms in total. The fourth-order valence-electron chi connectivity index (χ4n) is 4.12. The monoisotopic (exact) mass is 471 g/mol. The van der Waals surface area contributed by atoms with Gasteiger partial charge in [-0.2, -0.15) is 0 Å². The molecule has 10 heteroatoms. The van der Waals surface area contributed by atoms with Crippen LogP contribution in [0.2, 0.25) is 0 Å². The lowest BCUT2D eigenvalue weighted by Gasteiger charge is -2.34. The summed E-state index contributed by atoms with van der Waals surface area (Å²) in [6, 6.07) is 8.95. The van der Waals surface area contributed by atoms with Gasteiger partial charge in [0.05, 0.1) is 18.4 Å². The zero-order chi connectivity index (χ0) is 24.4. The van der Waals surface area contributed by atoms with Crippen molar-refractivity contribution in [2.75, 3.05) is 25.0 Å². The maximum atomic E-state index is 14.6. The molecule has 2 aliphatic rings. The molecule has 0 spiro atoms. The number of rotatable bonds is 7. The van der Waals surface area contributed by atoms with Gasteiger partial charge in [-0.05, 0) is 54.3 Å². The highest BCUT2D eigenvalue weighted by Crippen LogP contribution is 2.39. The molecule has 0 radical (unpaired) electrons. The van der Waals surface area contributed by atoms with Gasteiger partial charge in [-0.1, -0.05) is 6.07 Å². The Balaban J connectivity index is 1.40. The number of benzene rings is 1. The number of hydrogen-bond acceptors (Lipinski definition) is 6. The average Bonchev–Trinajstić information content (AvgIpc) is 3.63. The zero-order valence-electron chi connectivity index (χ0n) is 18.6. The molecule has 0 bridgehead atoms. The lowest BCUT2D eigenvalue weighted by molar-refractivity contribution is -0.140. The van der Waals surface area contributed by atoms with E-state index in [1.807, 2.05) is 19.1 Å². The number of hydrogen-bond donors (Lipinski definition) is 3. The van der Waals surface area contributed by atoms with Crippen LogP contribution in [0.15, 0.2) is 36.5 Å². The van der Waals surface area contributed by atoms with E-state index in [0.717, 1.165) is 16.7 Å². The average molecular weight is 471 g/mol. The van der Waals surface area contributed by atoms with Crippen molar-refractivity contribution in [3.8, 4) is 16.9 Å². The largest absolute Gasteiger partial charge is 0.487 e. The van der Waals surface area contributed by atoms with E-state index in [4.69, 9.17) is 14.9 Å². The minimum atomic E-state index is -1.36. The van der Waals surface area contributed by atoms with Gasteiger partial charge in [-0.3, -0.25) is 14.4 Å². The molecule has 1 aliphatic heterocycles. The van der Waals surface area contributed by atoms with Gasteiger partial charge in [0, 0.05) is 19.2 Å². The molecule has 34 heavy (non-hydrogen) atoms. The van der Waals surface area contributed by atoms with E-state index in [2.05, 4.69) is 10.3 Å². The Bertz CT molecular complexity index is 1110. The van der Waals surface area contributed by atoms with Crippen LogP contribution in [0, 0.1) is 18.8 Å². The molecule has 0 unspecified atom stereocenters. The second-order valence-electron chi connectivity index (χ2n) is 8.65. The molecule has 180 valence electrons. The van der Waals surface area contributed by atoms with Gasteiger partial charge in [-0.15, -0.1) is 0 Å². The van der Waals surface area contributed by atoms with Crippen LogP contribution in [0.3, 0.4) is 0 Å². The number of nitrogens with one attached hydrogen (secondary N) is 1. The summed E-state index contributed by atoms with van der Waals surface area (Å²) in [6.07, 6.45) is 0.166. The Morgan fingerprint density at radius 1 is 1.21 bits per heavy atom. The lowest BCUT2D eigenvalue weighted by atomic mass is 10.0. The first-order chi connectivity index (χ1) is 16.3. The predicted molar refractivity (Wildman–Crippen MR) is 120 cm³/mol. The molecule has 3 N–H and O–H groups in total. The van der Waals surface area contributed by atoms with E-state index in [1.54, 1.807) is 24.4 Å². The van der Waals surface area contributed by atoms with Crippen molar-refractivity contribution in [1.29, 1.82) is 0 Å². The van der Waals surface area contributed by atoms with Crippen molar-refractivity contribution in [1.82, 2.24) is 9.88 Å². The van der Waals surface area contributed by atoms with Gasteiger partial charge in [0.15, 0.2) is 6.17 Å². The van der Waals surface area contributed by atoms with Gasteiger partial charge in [0.1, 0.15) is 24.3 Å². The molecule has 1 aliphatic carbocycles. The zero-order valence-corrected chi connectivity index (χ0v) is 18.6. The summed E-state index contributed by atoms with van der Waals surface area (Å²) in [5, 5.41) is 20.6. The predicted octanol–water partition coefficient (Wildman–Crippen LogP) is 2.03. The third-order valence-electron chi connectivity index (χ3n) is 6.21. The number of amides is 2. The molecule has 1 aromatic heterocycles. The summed E-state index contributed by atoms with van der Waals surface area (Å²) in [5.74, 6) is -2.12. The Hall–Kier alpha value is -3.53. The van der Waals surface area contributed by atoms with Crippen molar-refractivity contribution in [3.63, 3.8) is 0 Å². The minimum absolute atomic E-state index is 0.110. The van der Waals surface area contributed by atoms with Crippen LogP contribution >= 0.6 is 0 Å². The fraction of sp³-hybridized carbons (Fsp3) is 0.417. The molecule has 4 rings (SSSR count). The number of carboxylic acid groups (broad SMARTS) is 1. The van der Waals surface area contributed by atoms with Crippen LogP contribution in [-0.2, 0) is 14.4 Å². The van der Waals surface area contributed by atoms with Crippen LogP contribution < -0.4 is 10.1 Å². The van der Waals surface area contributed by atoms with Gasteiger partial charge in [0.2, 0.25) is 11.8 Å². The van der Waals surface area contributed by atoms with Crippen LogP contribution in [0.1, 0.15) is 18.4 Å². The van der Waals surface area contributed by atoms with Gasteiger partial charge < -0.3 is 25.2 Å². The van der Waals surface area contributed by atoms with Crippen molar-refractivity contribution in [2.45, 2.75) is 32.0 Å². The molecule has 2 amide bonds. The number of aryl methyl sites for hydroxylation is 1. The Morgan fingerprint density at radius 2 is 1.97 bits per heavy atom. The number of pyridine rings is 1. The number of ether oxygens (including phenoxy) is 1. The minimum Gasteiger partial charge on any atom is -0.487 e. The lowest BCUT2D eigenvalue weighted by Crippen LogP contribution is -2.50. The third-order valence-corrected chi connectivity index (χ3v) is 6.21. The first-order valence-corrected chi connectivity index (χ1v) is 11.1. The van der Waals surface area contributed by atoms with Crippen molar-refractivity contribution >= 4 is 23.6 Å². The topological polar surface area (TPSA) is 129 Å². The molecular weight excluding hydrogens is 445 g/mol. The van der Waals surface area contributed by atoms with Crippen molar-refractivity contribution in [3.05, 3.63) is 42.1 Å². The number of piperidine rings is 1. The van der Waals surface area contributed by atoms with Crippen LogP contribution in [-0.4, -0.2) is 69.9 Å². The molecule has 2 aromatic rings. The van der Waals surface area contributed by atoms with E-state index in [9.17, 15) is 18.8 Å². The van der Waals surface area contributed by atoms with E-state index in [-0.39, 0.29) is 12.5 Å². The van der Waals surface area contributed by atoms with E-state index in [1.165, 1.54) is 4.90 Å². The normalized spacial score (nSPS) is 23.8. The smallest absolute Gasteiger partial charge is 0.307 e. The highest BCUT2D eigenvalue weighted by molar-refractivity contribution is 5.98. The van der Waals surface area contributed by atoms with Gasteiger partial charge in [0.25, 0.3) is 0 Å². The number of carboxylic acids is 1. The summed E-state index contributed by atoms with van der Waals surface area (Å²) in [7, 11) is 0. The van der Waals surface area contributed by atoms with Crippen molar-refractivity contribution < 1.29 is 33.7 Å². The van der Waals surface area contributed by atoms with Crippen LogP contribution in [0.5, 0.6) is 5.75 Å². The summed E-state index contributed by atoms with van der Waals surface area (Å²) in [6.45, 7) is 1.42. The Morgan fingerprint density at radius 3 is 2.62 bits per heavy atom. The number of aliphatic hydroxyl groups is 1. The number of anilines is 1. The number of nitrogens with zero attached hydrogens (tertiary/aromatic N) is 2. The number of alkyl halides is 1. The highest BCUT2D eigenvalue weighted by Gasteiger charge is 2.48. The molecule has 1 saturated carbocycles. The molecule has 4 atom stereocenters. The summed E-state index contributed by atoms with van der Waals surface area (Å²) in [5.41, 5.74) is 2.44. The summed E-state index contributed by atoms with van der Waals surface area (Å²) >= 11 is 0. The van der Waals surface area contributed by atoms with E-state index in [0.29, 0.717) is 31.0 Å². The SMILES string of the molecule is Cc1cc(-c2ccnc(NC(=O)[C@@H]3C[C@@H]3C(=O)O)c2)ccc1O[C@H]1CCN(C(=O)CO)C[C@H]1F. The summed E-state index contributed by atoms with van der Waals surface area (Å²) in [4.78, 5) is 40.2. The summed E-state index contributed by atoms with van der Waals surface area (Å²) < 4.78 is 20.5. The molecular formula is C24H26FN3O6. The van der Waals surface area contributed by atoms with Crippen LogP contribution in [0.4, 0.5) is 10.2 Å². The number of aromatic nitrogens is 1. The molecule has 2 fully saturated rings. The molecule has 1 saturated heterocycles. The second-order valence-corrected chi connectivity index (χ2v) is 8.65. The Kier molecular flexibility index (Phi) is 6.78. The first-order valence-electron chi connectivity index (χ1n) is 11.1. The maximum Gasteiger partial charge on any atom is 0.307 e. The number of carbonyl (C=O) groups excluding carboxylic acids is 2. The van der Waals surface area contributed by atoms with E-state index < -0.39 is 42.6 Å². The number of likely N-dealkylation sites (tertiary alicyclic amines) is 1. The first kappa shape index (κ1) is 23.6. The Labute approximate surface area is 195 Å². The maximum absolute atomic E-state index is 14.6. The third kappa shape index (κ3) is 5.17. The number of carbonyl (C=O) groups is 3. The highest BCUT2D eigenvalue weighted by atomic mass is 19.1. The number of aliphatic hydroxyl groups excluding tert-OH is 1.